The molecule has 0 fully saturated rings. The Kier molecular flexibility index (Phi) is 2.62. The molecule has 0 aromatic carbocycles. The van der Waals surface area contributed by atoms with E-state index in [0.29, 0.717) is 0 Å². The lowest BCUT2D eigenvalue weighted by Gasteiger charge is -1.81. The van der Waals surface area contributed by atoms with E-state index < -0.39 is 16.3 Å². The molecule has 0 aliphatic heterocycles. The predicted octanol–water partition coefficient (Wildman–Crippen LogP) is 0.193. The van der Waals surface area contributed by atoms with E-state index in [-0.39, 0.29) is 0 Å². The number of halogens is 1. The molecule has 0 radical (unpaired) electrons. The first-order valence-corrected chi connectivity index (χ1v) is 3.49. The van der Waals surface area contributed by atoms with Gasteiger partial charge in [-0.1, -0.05) is 0 Å². The van der Waals surface area contributed by atoms with E-state index in [1.807, 2.05) is 0 Å². The Morgan fingerprint density at radius 3 is 2.22 bits per heavy atom. The van der Waals surface area contributed by atoms with Gasteiger partial charge in [0.15, 0.2) is 6.17 Å². The molecular formula is C4H5FO3S. The van der Waals surface area contributed by atoms with Crippen molar-refractivity contribution in [3.05, 3.63) is 0 Å². The van der Waals surface area contributed by atoms with Crippen LogP contribution in [0.3, 0.4) is 0 Å². The van der Waals surface area contributed by atoms with Crippen molar-refractivity contribution in [1.82, 2.24) is 0 Å². The molecule has 3 nitrogen and oxygen atoms in total. The van der Waals surface area contributed by atoms with E-state index >= 15 is 0 Å². The van der Waals surface area contributed by atoms with Crippen molar-refractivity contribution >= 4 is 10.1 Å². The van der Waals surface area contributed by atoms with Gasteiger partial charge in [0.05, 0.1) is 5.25 Å². The van der Waals surface area contributed by atoms with Crippen LogP contribution >= 0.6 is 0 Å². The first-order chi connectivity index (χ1) is 3.92. The summed E-state index contributed by atoms with van der Waals surface area (Å²) in [5, 5.41) is 1.32. The normalized spacial score (nSPS) is 13.7. The fourth-order valence-electron chi connectivity index (χ4n) is 0.156. The van der Waals surface area contributed by atoms with E-state index in [1.54, 1.807) is 5.92 Å². The SMILES string of the molecule is CC(F)C#CS(=O)(=O)O. The van der Waals surface area contributed by atoms with Gasteiger partial charge < -0.3 is 0 Å². The molecule has 0 aliphatic rings. The van der Waals surface area contributed by atoms with Gasteiger partial charge in [-0.25, -0.2) is 4.39 Å². The van der Waals surface area contributed by atoms with Crippen LogP contribution in [0.15, 0.2) is 0 Å². The molecule has 0 saturated heterocycles. The smallest absolute Gasteiger partial charge is 0.276 e. The van der Waals surface area contributed by atoms with Crippen LogP contribution in [-0.2, 0) is 10.1 Å². The number of hydrogen-bond donors (Lipinski definition) is 1. The molecule has 0 aliphatic carbocycles. The van der Waals surface area contributed by atoms with Gasteiger partial charge in [-0.3, -0.25) is 4.55 Å². The van der Waals surface area contributed by atoms with Crippen molar-refractivity contribution in [2.24, 2.45) is 0 Å². The molecule has 5 heteroatoms. The number of hydrogen-bond acceptors (Lipinski definition) is 2. The molecule has 0 amide bonds. The van der Waals surface area contributed by atoms with Crippen LogP contribution in [0.2, 0.25) is 0 Å². The number of alkyl halides is 1. The maximum atomic E-state index is 11.7. The standard InChI is InChI=1S/C4H5FO3S/c1-4(5)2-3-9(6,7)8/h4H,1H3,(H,6,7,8). The summed E-state index contributed by atoms with van der Waals surface area (Å²) in [6, 6.07) is 0. The van der Waals surface area contributed by atoms with E-state index in [0.717, 1.165) is 6.92 Å². The average Bonchev–Trinajstić information content (AvgIpc) is 1.59. The molecule has 0 heterocycles. The van der Waals surface area contributed by atoms with Crippen molar-refractivity contribution in [3.63, 3.8) is 0 Å². The Hall–Kier alpha value is -0.600. The van der Waals surface area contributed by atoms with Gasteiger partial charge in [0.1, 0.15) is 0 Å². The fraction of sp³-hybridized carbons (Fsp3) is 0.500. The summed E-state index contributed by atoms with van der Waals surface area (Å²) in [7, 11) is -4.32. The van der Waals surface area contributed by atoms with Crippen molar-refractivity contribution in [2.45, 2.75) is 13.1 Å². The van der Waals surface area contributed by atoms with Crippen molar-refractivity contribution in [1.29, 1.82) is 0 Å². The predicted molar refractivity (Wildman–Crippen MR) is 29.9 cm³/mol. The Bertz CT molecular complexity index is 230. The molecule has 1 atom stereocenters. The van der Waals surface area contributed by atoms with Gasteiger partial charge in [0.25, 0.3) is 0 Å². The first kappa shape index (κ1) is 8.40. The second-order valence-corrected chi connectivity index (χ2v) is 2.49. The Morgan fingerprint density at radius 1 is 1.67 bits per heavy atom. The molecule has 0 bridgehead atoms. The lowest BCUT2D eigenvalue weighted by molar-refractivity contribution is 0.443. The lowest BCUT2D eigenvalue weighted by Crippen LogP contribution is -1.93. The number of rotatable bonds is 0. The van der Waals surface area contributed by atoms with E-state index in [4.69, 9.17) is 4.55 Å². The molecule has 0 spiro atoms. The van der Waals surface area contributed by atoms with Gasteiger partial charge in [0.2, 0.25) is 0 Å². The largest absolute Gasteiger partial charge is 0.335 e. The molecule has 1 N–H and O–H groups in total. The zero-order valence-corrected chi connectivity index (χ0v) is 5.44. The summed E-state index contributed by atoms with van der Waals surface area (Å²) in [5.74, 6) is 1.63. The first-order valence-electron chi connectivity index (χ1n) is 2.05. The van der Waals surface area contributed by atoms with Crippen LogP contribution in [0.4, 0.5) is 4.39 Å². The highest BCUT2D eigenvalue weighted by Crippen LogP contribution is 1.83. The highest BCUT2D eigenvalue weighted by molar-refractivity contribution is 7.90. The molecule has 9 heavy (non-hydrogen) atoms. The minimum atomic E-state index is -4.32. The van der Waals surface area contributed by atoms with E-state index in [1.165, 1.54) is 5.25 Å². The topological polar surface area (TPSA) is 54.4 Å². The molecule has 0 aromatic heterocycles. The maximum absolute atomic E-state index is 11.7. The van der Waals surface area contributed by atoms with Crippen molar-refractivity contribution < 1.29 is 17.4 Å². The summed E-state index contributed by atoms with van der Waals surface area (Å²) < 4.78 is 39.1. The fourth-order valence-corrected chi connectivity index (χ4v) is 0.467. The van der Waals surface area contributed by atoms with Crippen molar-refractivity contribution in [3.8, 4) is 11.2 Å². The van der Waals surface area contributed by atoms with Crippen LogP contribution in [-0.4, -0.2) is 19.1 Å². The minimum Gasteiger partial charge on any atom is -0.276 e. The highest BCUT2D eigenvalue weighted by atomic mass is 32.2. The molecule has 0 saturated carbocycles. The van der Waals surface area contributed by atoms with Crippen LogP contribution in [0.25, 0.3) is 0 Å². The lowest BCUT2D eigenvalue weighted by atomic mass is 10.5. The summed E-state index contributed by atoms with van der Waals surface area (Å²) in [4.78, 5) is 0. The maximum Gasteiger partial charge on any atom is 0.335 e. The Morgan fingerprint density at radius 2 is 2.11 bits per heavy atom. The third-order valence-corrected chi connectivity index (χ3v) is 0.763. The molecular weight excluding hydrogens is 147 g/mol. The Balaban J connectivity index is 4.23. The van der Waals surface area contributed by atoms with E-state index in [2.05, 4.69) is 0 Å². The summed E-state index contributed by atoms with van der Waals surface area (Å²) in [5.41, 5.74) is 0. The van der Waals surface area contributed by atoms with Gasteiger partial charge in [0, 0.05) is 0 Å². The molecule has 52 valence electrons. The second-order valence-electron chi connectivity index (χ2n) is 1.34. The summed E-state index contributed by atoms with van der Waals surface area (Å²) in [6.07, 6.45) is -1.54. The molecule has 0 aromatic rings. The highest BCUT2D eigenvalue weighted by Gasteiger charge is 1.95. The van der Waals surface area contributed by atoms with Gasteiger partial charge in [-0.2, -0.15) is 8.42 Å². The van der Waals surface area contributed by atoms with Gasteiger partial charge >= 0.3 is 10.1 Å². The third-order valence-electron chi connectivity index (χ3n) is 0.387. The molecule has 0 rings (SSSR count). The van der Waals surface area contributed by atoms with E-state index in [9.17, 15) is 12.8 Å². The van der Waals surface area contributed by atoms with Gasteiger partial charge in [-0.05, 0) is 12.8 Å². The van der Waals surface area contributed by atoms with Crippen LogP contribution < -0.4 is 0 Å². The van der Waals surface area contributed by atoms with Gasteiger partial charge in [-0.15, -0.1) is 0 Å². The van der Waals surface area contributed by atoms with Crippen LogP contribution in [0.1, 0.15) is 6.92 Å². The quantitative estimate of drug-likeness (QED) is 0.398. The second kappa shape index (κ2) is 2.80. The molecule has 1 unspecified atom stereocenters. The Labute approximate surface area is 52.6 Å². The van der Waals surface area contributed by atoms with Crippen molar-refractivity contribution in [2.75, 3.05) is 0 Å². The van der Waals surface area contributed by atoms with Crippen LogP contribution in [0.5, 0.6) is 0 Å². The average molecular weight is 152 g/mol. The zero-order chi connectivity index (χ0) is 7.49. The summed E-state index contributed by atoms with van der Waals surface area (Å²) >= 11 is 0. The minimum absolute atomic E-state index is 1.07. The third kappa shape index (κ3) is 7.40. The zero-order valence-electron chi connectivity index (χ0n) is 4.63. The summed E-state index contributed by atoms with van der Waals surface area (Å²) in [6.45, 7) is 1.07. The van der Waals surface area contributed by atoms with Crippen LogP contribution in [0, 0.1) is 11.2 Å². The monoisotopic (exact) mass is 152 g/mol.